The number of H-pyrrole nitrogens is 1. The Morgan fingerprint density at radius 3 is 2.96 bits per heavy atom. The Balaban J connectivity index is 1.63. The van der Waals surface area contributed by atoms with Crippen LogP contribution in [0.15, 0.2) is 42.9 Å². The standard InChI is InChI=1S/C16H15N7O/c1-10-18-14(21-20-10)11-4-3-5-12(8-11)19-15(24)13-9-17-23-7-6-22(2)16(13)23/h3-9H,1-2H3,(H,19,24)(H,18,20,21). The number of imidazole rings is 1. The van der Waals surface area contributed by atoms with Gasteiger partial charge in [0.2, 0.25) is 0 Å². The zero-order valence-corrected chi connectivity index (χ0v) is 13.2. The van der Waals surface area contributed by atoms with Crippen molar-refractivity contribution in [2.45, 2.75) is 6.92 Å². The number of aryl methyl sites for hydroxylation is 2. The maximum absolute atomic E-state index is 12.6. The zero-order valence-electron chi connectivity index (χ0n) is 13.2. The van der Waals surface area contributed by atoms with E-state index in [2.05, 4.69) is 25.6 Å². The Kier molecular flexibility index (Phi) is 3.16. The SMILES string of the molecule is Cc1nc(-c2cccc(NC(=O)c3cnn4ccn(C)c34)c2)n[nH]1. The summed E-state index contributed by atoms with van der Waals surface area (Å²) in [6.07, 6.45) is 5.22. The molecule has 0 saturated heterocycles. The summed E-state index contributed by atoms with van der Waals surface area (Å²) in [5, 5.41) is 14.0. The number of aromatic nitrogens is 6. The van der Waals surface area contributed by atoms with E-state index in [9.17, 15) is 4.79 Å². The number of nitrogens with zero attached hydrogens (tertiary/aromatic N) is 5. The van der Waals surface area contributed by atoms with E-state index in [0.717, 1.165) is 17.0 Å². The highest BCUT2D eigenvalue weighted by Gasteiger charge is 2.15. The van der Waals surface area contributed by atoms with Gasteiger partial charge >= 0.3 is 0 Å². The normalized spacial score (nSPS) is 11.1. The fourth-order valence-corrected chi connectivity index (χ4v) is 2.62. The van der Waals surface area contributed by atoms with Gasteiger partial charge in [-0.25, -0.2) is 9.50 Å². The van der Waals surface area contributed by atoms with E-state index in [1.54, 1.807) is 16.9 Å². The van der Waals surface area contributed by atoms with Crippen LogP contribution in [0, 0.1) is 6.92 Å². The molecule has 0 unspecified atom stereocenters. The molecule has 0 saturated carbocycles. The molecule has 0 atom stereocenters. The molecular formula is C16H15N7O. The quantitative estimate of drug-likeness (QED) is 0.604. The second-order valence-corrected chi connectivity index (χ2v) is 5.51. The highest BCUT2D eigenvalue weighted by molar-refractivity contribution is 6.08. The van der Waals surface area contributed by atoms with E-state index in [4.69, 9.17) is 0 Å². The lowest BCUT2D eigenvalue weighted by Crippen LogP contribution is -2.12. The molecule has 0 spiro atoms. The summed E-state index contributed by atoms with van der Waals surface area (Å²) in [5.41, 5.74) is 2.76. The summed E-state index contributed by atoms with van der Waals surface area (Å²) >= 11 is 0. The van der Waals surface area contributed by atoms with E-state index >= 15 is 0 Å². The molecule has 8 nitrogen and oxygen atoms in total. The number of aromatic amines is 1. The minimum Gasteiger partial charge on any atom is -0.334 e. The highest BCUT2D eigenvalue weighted by Crippen LogP contribution is 2.20. The summed E-state index contributed by atoms with van der Waals surface area (Å²) in [7, 11) is 1.87. The van der Waals surface area contributed by atoms with Crippen molar-refractivity contribution in [3.63, 3.8) is 0 Å². The predicted molar refractivity (Wildman–Crippen MR) is 88.7 cm³/mol. The average Bonchev–Trinajstić information content (AvgIpc) is 3.26. The molecule has 2 N–H and O–H groups in total. The largest absolute Gasteiger partial charge is 0.334 e. The fourth-order valence-electron chi connectivity index (χ4n) is 2.62. The number of benzene rings is 1. The van der Waals surface area contributed by atoms with Crippen molar-refractivity contribution < 1.29 is 4.79 Å². The smallest absolute Gasteiger partial charge is 0.261 e. The summed E-state index contributed by atoms with van der Waals surface area (Å²) < 4.78 is 3.52. The molecule has 4 aromatic rings. The molecule has 120 valence electrons. The molecule has 0 bridgehead atoms. The van der Waals surface area contributed by atoms with E-state index in [1.807, 2.05) is 49.0 Å². The van der Waals surface area contributed by atoms with Crippen LogP contribution >= 0.6 is 0 Å². The van der Waals surface area contributed by atoms with Crippen molar-refractivity contribution in [2.75, 3.05) is 5.32 Å². The highest BCUT2D eigenvalue weighted by atomic mass is 16.1. The van der Waals surface area contributed by atoms with Crippen molar-refractivity contribution in [3.8, 4) is 11.4 Å². The second kappa shape index (κ2) is 5.34. The monoisotopic (exact) mass is 321 g/mol. The first-order chi connectivity index (χ1) is 11.6. The lowest BCUT2D eigenvalue weighted by atomic mass is 10.2. The number of carbonyl (C=O) groups is 1. The fraction of sp³-hybridized carbons (Fsp3) is 0.125. The lowest BCUT2D eigenvalue weighted by Gasteiger charge is -2.05. The molecule has 1 aromatic carbocycles. The molecule has 0 aliphatic rings. The van der Waals surface area contributed by atoms with Gasteiger partial charge in [0.1, 0.15) is 17.0 Å². The molecule has 1 amide bonds. The van der Waals surface area contributed by atoms with Gasteiger partial charge in [0, 0.05) is 30.7 Å². The van der Waals surface area contributed by atoms with Gasteiger partial charge in [-0.3, -0.25) is 9.89 Å². The van der Waals surface area contributed by atoms with Gasteiger partial charge in [0.05, 0.1) is 6.20 Å². The number of nitrogens with one attached hydrogen (secondary N) is 2. The van der Waals surface area contributed by atoms with Gasteiger partial charge in [-0.1, -0.05) is 12.1 Å². The van der Waals surface area contributed by atoms with Crippen LogP contribution in [-0.4, -0.2) is 35.3 Å². The molecule has 0 radical (unpaired) electrons. The number of rotatable bonds is 3. The van der Waals surface area contributed by atoms with Crippen LogP contribution < -0.4 is 5.32 Å². The van der Waals surface area contributed by atoms with Gasteiger partial charge in [-0.2, -0.15) is 10.2 Å². The van der Waals surface area contributed by atoms with Crippen LogP contribution in [-0.2, 0) is 7.05 Å². The Morgan fingerprint density at radius 1 is 1.29 bits per heavy atom. The molecule has 3 aromatic heterocycles. The third-order valence-corrected chi connectivity index (χ3v) is 3.76. The number of anilines is 1. The Bertz CT molecular complexity index is 1040. The summed E-state index contributed by atoms with van der Waals surface area (Å²) in [6, 6.07) is 7.42. The van der Waals surface area contributed by atoms with Gasteiger partial charge in [0.15, 0.2) is 5.82 Å². The van der Waals surface area contributed by atoms with Crippen molar-refractivity contribution in [1.29, 1.82) is 0 Å². The Hall–Kier alpha value is -3.42. The molecule has 0 aliphatic carbocycles. The molecule has 0 fully saturated rings. The molecule has 8 heteroatoms. The molecule has 4 rings (SSSR count). The average molecular weight is 321 g/mol. The number of hydrogen-bond acceptors (Lipinski definition) is 4. The zero-order chi connectivity index (χ0) is 16.7. The molecule has 3 heterocycles. The number of hydrogen-bond donors (Lipinski definition) is 2. The number of carbonyl (C=O) groups excluding carboxylic acids is 1. The number of fused-ring (bicyclic) bond motifs is 1. The van der Waals surface area contributed by atoms with Crippen LogP contribution in [0.3, 0.4) is 0 Å². The first kappa shape index (κ1) is 14.2. The maximum atomic E-state index is 12.6. The van der Waals surface area contributed by atoms with Crippen LogP contribution in [0.2, 0.25) is 0 Å². The number of amides is 1. The van der Waals surface area contributed by atoms with E-state index in [0.29, 0.717) is 17.1 Å². The third-order valence-electron chi connectivity index (χ3n) is 3.76. The second-order valence-electron chi connectivity index (χ2n) is 5.51. The van der Waals surface area contributed by atoms with Crippen molar-refractivity contribution >= 4 is 17.2 Å². The minimum atomic E-state index is -0.213. The molecule has 0 aliphatic heterocycles. The van der Waals surface area contributed by atoms with Crippen LogP contribution in [0.1, 0.15) is 16.2 Å². The van der Waals surface area contributed by atoms with Crippen LogP contribution in [0.4, 0.5) is 5.69 Å². The Labute approximate surface area is 137 Å². The molecule has 24 heavy (non-hydrogen) atoms. The maximum Gasteiger partial charge on any atom is 0.261 e. The van der Waals surface area contributed by atoms with Crippen LogP contribution in [0.25, 0.3) is 17.0 Å². The van der Waals surface area contributed by atoms with Gasteiger partial charge in [-0.15, -0.1) is 0 Å². The van der Waals surface area contributed by atoms with Gasteiger partial charge < -0.3 is 9.88 Å². The van der Waals surface area contributed by atoms with E-state index in [1.165, 1.54) is 0 Å². The topological polar surface area (TPSA) is 92.9 Å². The van der Waals surface area contributed by atoms with Crippen molar-refractivity contribution in [2.24, 2.45) is 7.05 Å². The predicted octanol–water partition coefficient (Wildman–Crippen LogP) is 2.02. The Morgan fingerprint density at radius 2 is 2.17 bits per heavy atom. The summed E-state index contributed by atoms with van der Waals surface area (Å²) in [6.45, 7) is 1.84. The minimum absolute atomic E-state index is 0.213. The van der Waals surface area contributed by atoms with Crippen molar-refractivity contribution in [1.82, 2.24) is 29.4 Å². The van der Waals surface area contributed by atoms with Gasteiger partial charge in [0.25, 0.3) is 5.91 Å². The van der Waals surface area contributed by atoms with Crippen molar-refractivity contribution in [3.05, 3.63) is 54.2 Å². The summed E-state index contributed by atoms with van der Waals surface area (Å²) in [5.74, 6) is 1.12. The van der Waals surface area contributed by atoms with E-state index in [-0.39, 0.29) is 5.91 Å². The van der Waals surface area contributed by atoms with Crippen LogP contribution in [0.5, 0.6) is 0 Å². The summed E-state index contributed by atoms with van der Waals surface area (Å²) in [4.78, 5) is 16.9. The first-order valence-electron chi connectivity index (χ1n) is 7.41. The van der Waals surface area contributed by atoms with Gasteiger partial charge in [-0.05, 0) is 19.1 Å². The molecular weight excluding hydrogens is 306 g/mol. The third kappa shape index (κ3) is 2.34. The first-order valence-corrected chi connectivity index (χ1v) is 7.41. The lowest BCUT2D eigenvalue weighted by molar-refractivity contribution is 0.102. The van der Waals surface area contributed by atoms with E-state index < -0.39 is 0 Å².